The van der Waals surface area contributed by atoms with Crippen LogP contribution in [-0.4, -0.2) is 48.1 Å². The molecule has 1 heterocycles. The number of ketones is 1. The maximum Gasteiger partial charge on any atom is 0.130 e. The highest BCUT2D eigenvalue weighted by Gasteiger charge is 2.19. The SMILES string of the molecule is CCC(OCC(O)CN1CCCC1)c1ccc(Cl)cc1CCC(C)=O.Cc1ccc(C)c(F)c1. The van der Waals surface area contributed by atoms with Gasteiger partial charge in [-0.1, -0.05) is 36.7 Å². The van der Waals surface area contributed by atoms with Crippen molar-refractivity contribution < 1.29 is 19.0 Å². The van der Waals surface area contributed by atoms with Crippen LogP contribution in [0.15, 0.2) is 36.4 Å². The van der Waals surface area contributed by atoms with E-state index in [1.807, 2.05) is 31.2 Å². The van der Waals surface area contributed by atoms with E-state index in [-0.39, 0.29) is 17.7 Å². The summed E-state index contributed by atoms with van der Waals surface area (Å²) in [5, 5.41) is 10.9. The van der Waals surface area contributed by atoms with E-state index < -0.39 is 6.10 Å². The molecule has 1 aliphatic rings. The first-order chi connectivity index (χ1) is 16.2. The number of aryl methyl sites for hydroxylation is 3. The molecule has 0 radical (unpaired) electrons. The first kappa shape index (κ1) is 28.4. The fourth-order valence-corrected chi connectivity index (χ4v) is 4.28. The zero-order valence-electron chi connectivity index (χ0n) is 20.9. The molecule has 1 aliphatic heterocycles. The van der Waals surface area contributed by atoms with Crippen LogP contribution in [0.4, 0.5) is 4.39 Å². The number of rotatable bonds is 10. The molecule has 4 nitrogen and oxygen atoms in total. The second-order valence-corrected chi connectivity index (χ2v) is 9.63. The normalized spacial score (nSPS) is 15.5. The van der Waals surface area contributed by atoms with Crippen molar-refractivity contribution in [1.82, 2.24) is 4.90 Å². The summed E-state index contributed by atoms with van der Waals surface area (Å²) in [6.45, 7) is 10.4. The molecule has 0 spiro atoms. The van der Waals surface area contributed by atoms with Gasteiger partial charge in [0.15, 0.2) is 0 Å². The van der Waals surface area contributed by atoms with Gasteiger partial charge >= 0.3 is 0 Å². The summed E-state index contributed by atoms with van der Waals surface area (Å²) < 4.78 is 18.6. The Bertz CT molecular complexity index is 915. The van der Waals surface area contributed by atoms with Crippen LogP contribution < -0.4 is 0 Å². The van der Waals surface area contributed by atoms with E-state index in [9.17, 15) is 14.3 Å². The van der Waals surface area contributed by atoms with E-state index in [0.29, 0.717) is 36.6 Å². The van der Waals surface area contributed by atoms with Crippen LogP contribution in [-0.2, 0) is 16.0 Å². The zero-order chi connectivity index (χ0) is 25.1. The van der Waals surface area contributed by atoms with Gasteiger partial charge in [-0.3, -0.25) is 0 Å². The number of hydrogen-bond acceptors (Lipinski definition) is 4. The minimum absolute atomic E-state index is 0.0903. The highest BCUT2D eigenvalue weighted by Crippen LogP contribution is 2.28. The highest BCUT2D eigenvalue weighted by molar-refractivity contribution is 6.30. The fraction of sp³-hybridized carbons (Fsp3) is 0.536. The fourth-order valence-electron chi connectivity index (χ4n) is 4.08. The van der Waals surface area contributed by atoms with Gasteiger partial charge in [-0.2, -0.15) is 0 Å². The molecule has 2 aromatic rings. The summed E-state index contributed by atoms with van der Waals surface area (Å²) in [5.74, 6) is 0.0518. The lowest BCUT2D eigenvalue weighted by Crippen LogP contribution is -2.33. The predicted octanol–water partition coefficient (Wildman–Crippen LogP) is 6.23. The first-order valence-electron chi connectivity index (χ1n) is 12.2. The molecular formula is C28H39ClFNO3. The number of β-amino-alcohol motifs (C(OH)–C–C–N with tert-alkyl or cyclic N) is 1. The van der Waals surface area contributed by atoms with Crippen molar-refractivity contribution in [1.29, 1.82) is 0 Å². The van der Waals surface area contributed by atoms with Crippen molar-refractivity contribution in [3.63, 3.8) is 0 Å². The summed E-state index contributed by atoms with van der Waals surface area (Å²) in [7, 11) is 0. The molecule has 2 aromatic carbocycles. The lowest BCUT2D eigenvalue weighted by atomic mass is 9.96. The molecular weight excluding hydrogens is 453 g/mol. The van der Waals surface area contributed by atoms with Gasteiger partial charge in [0.25, 0.3) is 0 Å². The lowest BCUT2D eigenvalue weighted by Gasteiger charge is -2.24. The molecule has 3 rings (SSSR count). The summed E-state index contributed by atoms with van der Waals surface area (Å²) in [6.07, 6.45) is 3.85. The van der Waals surface area contributed by atoms with Crippen LogP contribution in [0.5, 0.6) is 0 Å². The van der Waals surface area contributed by atoms with Crippen molar-refractivity contribution in [2.45, 2.75) is 72.0 Å². The number of Topliss-reactive ketones (excluding diaryl/α,β-unsaturated/α-hetero) is 1. The third-order valence-corrected chi connectivity index (χ3v) is 6.29. The van der Waals surface area contributed by atoms with Gasteiger partial charge in [0, 0.05) is 18.0 Å². The van der Waals surface area contributed by atoms with Gasteiger partial charge in [-0.05, 0) is 100.0 Å². The Hall–Kier alpha value is -1.79. The summed E-state index contributed by atoms with van der Waals surface area (Å²) in [4.78, 5) is 13.6. The van der Waals surface area contributed by atoms with Crippen LogP contribution in [0.2, 0.25) is 5.02 Å². The highest BCUT2D eigenvalue weighted by atomic mass is 35.5. The average molecular weight is 492 g/mol. The van der Waals surface area contributed by atoms with E-state index in [1.165, 1.54) is 18.9 Å². The monoisotopic (exact) mass is 491 g/mol. The number of nitrogens with zero attached hydrogens (tertiary/aromatic N) is 1. The molecule has 0 aliphatic carbocycles. The second kappa shape index (κ2) is 14.6. The van der Waals surface area contributed by atoms with E-state index in [0.717, 1.165) is 36.2 Å². The van der Waals surface area contributed by atoms with Gasteiger partial charge in [0.05, 0.1) is 18.8 Å². The van der Waals surface area contributed by atoms with Crippen molar-refractivity contribution in [3.8, 4) is 0 Å². The Morgan fingerprint density at radius 3 is 2.47 bits per heavy atom. The largest absolute Gasteiger partial charge is 0.389 e. The average Bonchev–Trinajstić information content (AvgIpc) is 3.30. The molecule has 0 bridgehead atoms. The van der Waals surface area contributed by atoms with Gasteiger partial charge in [-0.15, -0.1) is 0 Å². The van der Waals surface area contributed by atoms with Crippen LogP contribution in [0.25, 0.3) is 0 Å². The van der Waals surface area contributed by atoms with E-state index in [4.69, 9.17) is 16.3 Å². The molecule has 0 aromatic heterocycles. The van der Waals surface area contributed by atoms with Gasteiger partial charge < -0.3 is 19.5 Å². The lowest BCUT2D eigenvalue weighted by molar-refractivity contribution is -0.116. The van der Waals surface area contributed by atoms with Crippen molar-refractivity contribution in [2.75, 3.05) is 26.2 Å². The summed E-state index contributed by atoms with van der Waals surface area (Å²) in [5.41, 5.74) is 3.81. The predicted molar refractivity (Wildman–Crippen MR) is 137 cm³/mol. The number of hydrogen-bond donors (Lipinski definition) is 1. The van der Waals surface area contributed by atoms with E-state index in [1.54, 1.807) is 19.9 Å². The quantitative estimate of drug-likeness (QED) is 0.428. The molecule has 0 saturated carbocycles. The van der Waals surface area contributed by atoms with E-state index in [2.05, 4.69) is 11.8 Å². The molecule has 1 N–H and O–H groups in total. The Labute approximate surface area is 209 Å². The molecule has 6 heteroatoms. The van der Waals surface area contributed by atoms with Crippen molar-refractivity contribution >= 4 is 17.4 Å². The molecule has 0 amide bonds. The topological polar surface area (TPSA) is 49.8 Å². The molecule has 2 atom stereocenters. The maximum atomic E-state index is 12.6. The molecule has 1 fully saturated rings. The first-order valence-corrected chi connectivity index (χ1v) is 12.6. The van der Waals surface area contributed by atoms with Crippen LogP contribution >= 0.6 is 11.6 Å². The number of carbonyl (C=O) groups is 1. The van der Waals surface area contributed by atoms with E-state index >= 15 is 0 Å². The minimum atomic E-state index is -0.472. The third kappa shape index (κ3) is 9.83. The minimum Gasteiger partial charge on any atom is -0.389 e. The number of carbonyl (C=O) groups excluding carboxylic acids is 1. The Morgan fingerprint density at radius 1 is 1.18 bits per heavy atom. The number of likely N-dealkylation sites (tertiary alicyclic amines) is 1. The summed E-state index contributed by atoms with van der Waals surface area (Å²) >= 11 is 6.13. The Kier molecular flexibility index (Phi) is 12.2. The number of benzene rings is 2. The van der Waals surface area contributed by atoms with Crippen LogP contribution in [0.3, 0.4) is 0 Å². The number of halogens is 2. The zero-order valence-corrected chi connectivity index (χ0v) is 21.7. The number of aliphatic hydroxyl groups is 1. The molecule has 34 heavy (non-hydrogen) atoms. The maximum absolute atomic E-state index is 12.6. The molecule has 1 saturated heterocycles. The van der Waals surface area contributed by atoms with Crippen molar-refractivity contribution in [2.24, 2.45) is 0 Å². The van der Waals surface area contributed by atoms with Gasteiger partial charge in [0.1, 0.15) is 11.6 Å². The van der Waals surface area contributed by atoms with Gasteiger partial charge in [-0.25, -0.2) is 4.39 Å². The van der Waals surface area contributed by atoms with Gasteiger partial charge in [0.2, 0.25) is 0 Å². The molecule has 2 unspecified atom stereocenters. The smallest absolute Gasteiger partial charge is 0.130 e. The van der Waals surface area contributed by atoms with Crippen LogP contribution in [0, 0.1) is 19.7 Å². The summed E-state index contributed by atoms with van der Waals surface area (Å²) in [6, 6.07) is 11.0. The van der Waals surface area contributed by atoms with Crippen molar-refractivity contribution in [3.05, 3.63) is 69.5 Å². The third-order valence-electron chi connectivity index (χ3n) is 6.05. The Balaban J connectivity index is 0.000000379. The standard InChI is InChI=1S/C20H30ClNO3.C8H9F/c1-3-20(25-14-18(24)13-22-10-4-5-11-22)19-9-8-17(21)12-16(19)7-6-15(2)23;1-6-3-4-7(2)8(9)5-6/h8-9,12,18,20,24H,3-7,10-11,13-14H2,1-2H3;3-5H,1-2H3. The number of aliphatic hydroxyl groups excluding tert-OH is 1. The second-order valence-electron chi connectivity index (χ2n) is 9.19. The van der Waals surface area contributed by atoms with Crippen LogP contribution in [0.1, 0.15) is 67.9 Å². The Morgan fingerprint density at radius 2 is 1.88 bits per heavy atom. The number of ether oxygens (including phenoxy) is 1. The molecule has 188 valence electrons.